The quantitative estimate of drug-likeness (QED) is 0.459. The lowest BCUT2D eigenvalue weighted by atomic mass is 9.88. The maximum Gasteiger partial charge on any atom is 0.326 e. The minimum atomic E-state index is -1.12. The van der Waals surface area contributed by atoms with E-state index in [4.69, 9.17) is 15.9 Å². The molecule has 0 bridgehead atoms. The van der Waals surface area contributed by atoms with Gasteiger partial charge in [0.1, 0.15) is 6.04 Å². The molecule has 0 aliphatic carbocycles. The van der Waals surface area contributed by atoms with E-state index in [1.54, 1.807) is 0 Å². The number of amides is 1. The highest BCUT2D eigenvalue weighted by Crippen LogP contribution is 2.20. The molecule has 5 N–H and O–H groups in total. The minimum Gasteiger partial charge on any atom is -0.480 e. The Kier molecular flexibility index (Phi) is 9.16. The number of hydrogen-bond acceptors (Lipinski definition) is 4. The molecule has 0 radical (unpaired) electrons. The van der Waals surface area contributed by atoms with Crippen molar-refractivity contribution in [3.05, 3.63) is 0 Å². The highest BCUT2D eigenvalue weighted by Gasteiger charge is 2.20. The van der Waals surface area contributed by atoms with Crippen LogP contribution in [0.4, 0.5) is 0 Å². The van der Waals surface area contributed by atoms with Gasteiger partial charge in [-0.2, -0.15) is 0 Å². The Hall–Kier alpha value is -1.14. The summed E-state index contributed by atoms with van der Waals surface area (Å²) in [6, 6.07) is -1.01. The standard InChI is InChI=1S/C13H26N2O4/c1-9(2)10(5-7-14)3-4-12(17)15-11(6-8-16)13(18)19/h9-11,16H,3-8,14H2,1-2H3,(H,15,17)(H,18,19)/t10?,11-/m1/s1. The molecule has 19 heavy (non-hydrogen) atoms. The number of nitrogens with two attached hydrogens (primary N) is 1. The summed E-state index contributed by atoms with van der Waals surface area (Å²) in [6.45, 7) is 4.50. The minimum absolute atomic E-state index is 0.0253. The van der Waals surface area contributed by atoms with E-state index in [1.165, 1.54) is 0 Å². The van der Waals surface area contributed by atoms with Gasteiger partial charge in [0.15, 0.2) is 0 Å². The van der Waals surface area contributed by atoms with Crippen molar-refractivity contribution in [2.24, 2.45) is 17.6 Å². The number of carbonyl (C=O) groups is 2. The smallest absolute Gasteiger partial charge is 0.326 e. The first-order valence-electron chi connectivity index (χ1n) is 6.75. The van der Waals surface area contributed by atoms with Gasteiger partial charge in [-0.1, -0.05) is 13.8 Å². The molecule has 112 valence electrons. The Morgan fingerprint density at radius 3 is 2.26 bits per heavy atom. The van der Waals surface area contributed by atoms with E-state index in [9.17, 15) is 9.59 Å². The summed E-state index contributed by atoms with van der Waals surface area (Å²) in [6.07, 6.45) is 1.88. The summed E-state index contributed by atoms with van der Waals surface area (Å²) < 4.78 is 0. The third-order valence-electron chi connectivity index (χ3n) is 3.27. The van der Waals surface area contributed by atoms with Crippen molar-refractivity contribution < 1.29 is 19.8 Å². The van der Waals surface area contributed by atoms with Gasteiger partial charge in [0, 0.05) is 19.4 Å². The molecular formula is C13H26N2O4. The van der Waals surface area contributed by atoms with Crippen molar-refractivity contribution in [1.29, 1.82) is 0 Å². The maximum absolute atomic E-state index is 11.7. The molecule has 2 atom stereocenters. The molecular weight excluding hydrogens is 248 g/mol. The highest BCUT2D eigenvalue weighted by molar-refractivity contribution is 5.83. The fraction of sp³-hybridized carbons (Fsp3) is 0.846. The summed E-state index contributed by atoms with van der Waals surface area (Å²) in [4.78, 5) is 22.5. The van der Waals surface area contributed by atoms with E-state index in [-0.39, 0.29) is 25.4 Å². The molecule has 6 nitrogen and oxygen atoms in total. The van der Waals surface area contributed by atoms with Crippen LogP contribution in [0.3, 0.4) is 0 Å². The van der Waals surface area contributed by atoms with Crippen LogP contribution in [0.15, 0.2) is 0 Å². The second-order valence-electron chi connectivity index (χ2n) is 5.09. The van der Waals surface area contributed by atoms with Crippen LogP contribution in [0.25, 0.3) is 0 Å². The van der Waals surface area contributed by atoms with E-state index in [0.717, 1.165) is 6.42 Å². The Balaban J connectivity index is 4.18. The van der Waals surface area contributed by atoms with Crippen LogP contribution < -0.4 is 11.1 Å². The first-order valence-corrected chi connectivity index (χ1v) is 6.75. The van der Waals surface area contributed by atoms with Gasteiger partial charge in [0.2, 0.25) is 5.91 Å². The van der Waals surface area contributed by atoms with Crippen LogP contribution in [0, 0.1) is 11.8 Å². The van der Waals surface area contributed by atoms with Crippen molar-refractivity contribution in [2.45, 2.75) is 45.6 Å². The lowest BCUT2D eigenvalue weighted by molar-refractivity contribution is -0.142. The Morgan fingerprint density at radius 1 is 1.21 bits per heavy atom. The van der Waals surface area contributed by atoms with Crippen LogP contribution in [-0.2, 0) is 9.59 Å². The van der Waals surface area contributed by atoms with Crippen molar-refractivity contribution in [2.75, 3.05) is 13.2 Å². The van der Waals surface area contributed by atoms with Crippen LogP contribution >= 0.6 is 0 Å². The topological polar surface area (TPSA) is 113 Å². The number of hydrogen-bond donors (Lipinski definition) is 4. The number of carboxylic acids is 1. The number of aliphatic carboxylic acids is 1. The fourth-order valence-electron chi connectivity index (χ4n) is 1.99. The Labute approximate surface area is 114 Å². The second-order valence-corrected chi connectivity index (χ2v) is 5.09. The van der Waals surface area contributed by atoms with E-state index in [0.29, 0.717) is 24.8 Å². The number of aliphatic hydroxyl groups is 1. The molecule has 0 saturated carbocycles. The zero-order chi connectivity index (χ0) is 14.8. The van der Waals surface area contributed by atoms with Crippen LogP contribution in [-0.4, -0.2) is 41.3 Å². The van der Waals surface area contributed by atoms with Crippen LogP contribution in [0.5, 0.6) is 0 Å². The number of nitrogens with one attached hydrogen (secondary N) is 1. The van der Waals surface area contributed by atoms with Crippen LogP contribution in [0.1, 0.15) is 39.5 Å². The van der Waals surface area contributed by atoms with Gasteiger partial charge in [0.25, 0.3) is 0 Å². The van der Waals surface area contributed by atoms with Crippen molar-refractivity contribution >= 4 is 11.9 Å². The summed E-state index contributed by atoms with van der Waals surface area (Å²) in [5.41, 5.74) is 5.53. The third kappa shape index (κ3) is 7.79. The Morgan fingerprint density at radius 2 is 1.84 bits per heavy atom. The van der Waals surface area contributed by atoms with Crippen molar-refractivity contribution in [3.63, 3.8) is 0 Å². The molecule has 0 aliphatic heterocycles. The Bertz CT molecular complexity index is 282. The molecule has 0 aromatic rings. The fourth-order valence-corrected chi connectivity index (χ4v) is 1.99. The second kappa shape index (κ2) is 9.75. The number of aliphatic hydroxyl groups excluding tert-OH is 1. The van der Waals surface area contributed by atoms with E-state index < -0.39 is 12.0 Å². The average Bonchev–Trinajstić information content (AvgIpc) is 2.33. The molecule has 0 spiro atoms. The van der Waals surface area contributed by atoms with Gasteiger partial charge in [-0.05, 0) is 31.2 Å². The molecule has 1 amide bonds. The number of carboxylic acid groups (broad SMARTS) is 1. The molecule has 0 aliphatic rings. The molecule has 0 heterocycles. The van der Waals surface area contributed by atoms with E-state index in [2.05, 4.69) is 19.2 Å². The lowest BCUT2D eigenvalue weighted by Crippen LogP contribution is -2.41. The lowest BCUT2D eigenvalue weighted by Gasteiger charge is -2.20. The van der Waals surface area contributed by atoms with Gasteiger partial charge in [-0.3, -0.25) is 4.79 Å². The zero-order valence-corrected chi connectivity index (χ0v) is 11.8. The zero-order valence-electron chi connectivity index (χ0n) is 11.8. The van der Waals surface area contributed by atoms with E-state index in [1.807, 2.05) is 0 Å². The predicted octanol–water partition coefficient (Wildman–Crippen LogP) is 0.339. The first-order chi connectivity index (χ1) is 8.92. The largest absolute Gasteiger partial charge is 0.480 e. The number of rotatable bonds is 10. The monoisotopic (exact) mass is 274 g/mol. The van der Waals surface area contributed by atoms with Crippen molar-refractivity contribution in [3.8, 4) is 0 Å². The molecule has 0 rings (SSSR count). The SMILES string of the molecule is CC(C)C(CCN)CCC(=O)N[C@H](CCO)C(=O)O. The molecule has 1 unspecified atom stereocenters. The third-order valence-corrected chi connectivity index (χ3v) is 3.27. The molecule has 6 heteroatoms. The predicted molar refractivity (Wildman–Crippen MR) is 72.5 cm³/mol. The summed E-state index contributed by atoms with van der Waals surface area (Å²) in [5.74, 6) is -0.589. The van der Waals surface area contributed by atoms with Gasteiger partial charge >= 0.3 is 5.97 Å². The highest BCUT2D eigenvalue weighted by atomic mass is 16.4. The molecule has 0 aromatic carbocycles. The van der Waals surface area contributed by atoms with Gasteiger partial charge in [0.05, 0.1) is 0 Å². The molecule has 0 saturated heterocycles. The number of carbonyl (C=O) groups excluding carboxylic acids is 1. The normalized spacial score (nSPS) is 14.2. The van der Waals surface area contributed by atoms with Gasteiger partial charge in [-0.25, -0.2) is 4.79 Å². The summed E-state index contributed by atoms with van der Waals surface area (Å²) >= 11 is 0. The summed E-state index contributed by atoms with van der Waals surface area (Å²) in [7, 11) is 0. The van der Waals surface area contributed by atoms with Crippen molar-refractivity contribution in [1.82, 2.24) is 5.32 Å². The van der Waals surface area contributed by atoms with Crippen LogP contribution in [0.2, 0.25) is 0 Å². The summed E-state index contributed by atoms with van der Waals surface area (Å²) in [5, 5.41) is 20.0. The first kappa shape index (κ1) is 17.9. The molecule has 0 aromatic heterocycles. The van der Waals surface area contributed by atoms with Gasteiger partial charge < -0.3 is 21.3 Å². The van der Waals surface area contributed by atoms with Gasteiger partial charge in [-0.15, -0.1) is 0 Å². The molecule has 0 fully saturated rings. The van der Waals surface area contributed by atoms with E-state index >= 15 is 0 Å². The average molecular weight is 274 g/mol. The maximum atomic E-state index is 11.7.